The Labute approximate surface area is 172 Å². The van der Waals surface area contributed by atoms with Gasteiger partial charge in [0.2, 0.25) is 5.91 Å². The fourth-order valence-corrected chi connectivity index (χ4v) is 3.20. The predicted octanol–water partition coefficient (Wildman–Crippen LogP) is 3.63. The molecule has 0 aromatic heterocycles. The second kappa shape index (κ2) is 10.1. The maximum absolute atomic E-state index is 13.0. The third kappa shape index (κ3) is 5.57. The summed E-state index contributed by atoms with van der Waals surface area (Å²) in [6.45, 7) is 5.65. The Hall–Kier alpha value is -2.86. The lowest BCUT2D eigenvalue weighted by molar-refractivity contribution is -0.143. The molecule has 0 fully saturated rings. The van der Waals surface area contributed by atoms with Crippen LogP contribution in [0.25, 0.3) is 11.1 Å². The second-order valence-corrected chi connectivity index (χ2v) is 7.42. The zero-order valence-corrected chi connectivity index (χ0v) is 17.7. The van der Waals surface area contributed by atoms with Gasteiger partial charge in [-0.05, 0) is 54.7 Å². The molecule has 2 rings (SSSR count). The van der Waals surface area contributed by atoms with E-state index in [0.717, 1.165) is 16.9 Å². The highest BCUT2D eigenvalue weighted by Crippen LogP contribution is 2.27. The number of carbonyl (C=O) groups is 2. The molecule has 0 spiro atoms. The normalized spacial score (nSPS) is 12.9. The van der Waals surface area contributed by atoms with Crippen molar-refractivity contribution >= 4 is 17.6 Å². The number of methoxy groups -OCH3 is 2. The van der Waals surface area contributed by atoms with Crippen molar-refractivity contribution in [3.63, 3.8) is 0 Å². The molecule has 2 aromatic carbocycles. The first-order valence-corrected chi connectivity index (χ1v) is 9.69. The molecule has 0 saturated carbocycles. The summed E-state index contributed by atoms with van der Waals surface area (Å²) in [5.41, 5.74) is 8.74. The molecule has 6 heteroatoms. The van der Waals surface area contributed by atoms with Gasteiger partial charge in [-0.3, -0.25) is 9.69 Å². The van der Waals surface area contributed by atoms with Crippen LogP contribution in [0.5, 0.6) is 5.75 Å². The summed E-state index contributed by atoms with van der Waals surface area (Å²) in [5.74, 6) is 0.262. The highest BCUT2D eigenvalue weighted by atomic mass is 16.5. The molecular weight excluding hydrogens is 368 g/mol. The average Bonchev–Trinajstić information content (AvgIpc) is 2.73. The van der Waals surface area contributed by atoms with E-state index >= 15 is 0 Å². The van der Waals surface area contributed by atoms with Gasteiger partial charge in [-0.25, -0.2) is 4.79 Å². The van der Waals surface area contributed by atoms with Crippen LogP contribution in [-0.2, 0) is 14.3 Å². The minimum absolute atomic E-state index is 0.265. The lowest BCUT2D eigenvalue weighted by atomic mass is 10.0. The highest BCUT2D eigenvalue weighted by Gasteiger charge is 2.31. The number of rotatable bonds is 8. The SMILES string of the molecule is COC(=O)[C@H](C)N(C(=O)[C@@H](N)CC(C)C)c1ccc(-c2ccc(OC)cc2)cc1. The van der Waals surface area contributed by atoms with Gasteiger partial charge < -0.3 is 15.2 Å². The Kier molecular flexibility index (Phi) is 7.79. The van der Waals surface area contributed by atoms with Crippen molar-refractivity contribution in [3.05, 3.63) is 48.5 Å². The smallest absolute Gasteiger partial charge is 0.328 e. The van der Waals surface area contributed by atoms with Crippen LogP contribution in [0, 0.1) is 5.92 Å². The van der Waals surface area contributed by atoms with Crippen molar-refractivity contribution in [2.45, 2.75) is 39.3 Å². The van der Waals surface area contributed by atoms with Gasteiger partial charge in [0.05, 0.1) is 20.3 Å². The molecule has 0 radical (unpaired) electrons. The monoisotopic (exact) mass is 398 g/mol. The average molecular weight is 399 g/mol. The molecule has 2 aromatic rings. The van der Waals surface area contributed by atoms with Crippen LogP contribution in [0.4, 0.5) is 5.69 Å². The second-order valence-electron chi connectivity index (χ2n) is 7.42. The number of hydrogen-bond acceptors (Lipinski definition) is 5. The largest absolute Gasteiger partial charge is 0.497 e. The molecule has 0 saturated heterocycles. The van der Waals surface area contributed by atoms with E-state index < -0.39 is 18.1 Å². The molecule has 0 aliphatic rings. The standard InChI is InChI=1S/C23H30N2O4/c1-15(2)14-21(24)22(26)25(16(3)23(27)29-5)19-10-6-17(7-11-19)18-8-12-20(28-4)13-9-18/h6-13,15-16,21H,14,24H2,1-5H3/t16-,21-/m0/s1. The van der Waals surface area contributed by atoms with E-state index in [1.807, 2.05) is 62.4 Å². The van der Waals surface area contributed by atoms with Gasteiger partial charge in [0.1, 0.15) is 11.8 Å². The maximum Gasteiger partial charge on any atom is 0.328 e. The molecule has 0 bridgehead atoms. The summed E-state index contributed by atoms with van der Waals surface area (Å²) in [7, 11) is 2.93. The predicted molar refractivity (Wildman–Crippen MR) is 115 cm³/mol. The van der Waals surface area contributed by atoms with Crippen LogP contribution >= 0.6 is 0 Å². The first kappa shape index (κ1) is 22.4. The topological polar surface area (TPSA) is 81.9 Å². The highest BCUT2D eigenvalue weighted by molar-refractivity contribution is 6.02. The number of esters is 1. The van der Waals surface area contributed by atoms with Gasteiger partial charge in [-0.15, -0.1) is 0 Å². The number of carbonyl (C=O) groups excluding carboxylic acids is 2. The van der Waals surface area contributed by atoms with Crippen molar-refractivity contribution < 1.29 is 19.1 Å². The van der Waals surface area contributed by atoms with E-state index in [-0.39, 0.29) is 11.8 Å². The van der Waals surface area contributed by atoms with E-state index in [1.54, 1.807) is 14.0 Å². The van der Waals surface area contributed by atoms with Crippen molar-refractivity contribution in [1.82, 2.24) is 0 Å². The lowest BCUT2D eigenvalue weighted by Gasteiger charge is -2.30. The number of amides is 1. The lowest BCUT2D eigenvalue weighted by Crippen LogP contribution is -2.51. The Bertz CT molecular complexity index is 816. The first-order chi connectivity index (χ1) is 13.8. The van der Waals surface area contributed by atoms with Gasteiger partial charge in [0, 0.05) is 5.69 Å². The number of ether oxygens (including phenoxy) is 2. The quantitative estimate of drug-likeness (QED) is 0.687. The molecule has 0 heterocycles. The Balaban J connectivity index is 2.34. The summed E-state index contributed by atoms with van der Waals surface area (Å²) in [6, 6.07) is 13.7. The third-order valence-electron chi connectivity index (χ3n) is 4.78. The molecular formula is C23H30N2O4. The molecule has 6 nitrogen and oxygen atoms in total. The summed E-state index contributed by atoms with van der Waals surface area (Å²) >= 11 is 0. The minimum atomic E-state index is -0.780. The molecule has 0 aliphatic heterocycles. The van der Waals surface area contributed by atoms with E-state index in [1.165, 1.54) is 12.0 Å². The maximum atomic E-state index is 13.0. The Morgan fingerprint density at radius 3 is 1.90 bits per heavy atom. The van der Waals surface area contributed by atoms with E-state index in [9.17, 15) is 9.59 Å². The van der Waals surface area contributed by atoms with Crippen molar-refractivity contribution in [2.24, 2.45) is 11.7 Å². The summed E-state index contributed by atoms with van der Waals surface area (Å²) < 4.78 is 10.0. The minimum Gasteiger partial charge on any atom is -0.497 e. The van der Waals surface area contributed by atoms with Crippen LogP contribution < -0.4 is 15.4 Å². The van der Waals surface area contributed by atoms with Crippen molar-refractivity contribution in [2.75, 3.05) is 19.1 Å². The molecule has 0 unspecified atom stereocenters. The van der Waals surface area contributed by atoms with Crippen molar-refractivity contribution in [3.8, 4) is 16.9 Å². The molecule has 1 amide bonds. The van der Waals surface area contributed by atoms with Gasteiger partial charge >= 0.3 is 5.97 Å². The number of nitrogens with two attached hydrogens (primary N) is 1. The Morgan fingerprint density at radius 1 is 0.931 bits per heavy atom. The van der Waals surface area contributed by atoms with Crippen LogP contribution in [0.2, 0.25) is 0 Å². The number of benzene rings is 2. The zero-order chi connectivity index (χ0) is 21.6. The van der Waals surface area contributed by atoms with Gasteiger partial charge in [-0.1, -0.05) is 38.1 Å². The molecule has 0 aliphatic carbocycles. The van der Waals surface area contributed by atoms with Gasteiger partial charge in [0.25, 0.3) is 0 Å². The van der Waals surface area contributed by atoms with Crippen molar-refractivity contribution in [1.29, 1.82) is 0 Å². The van der Waals surface area contributed by atoms with Gasteiger partial charge in [0.15, 0.2) is 0 Å². The van der Waals surface area contributed by atoms with Crippen LogP contribution in [-0.4, -0.2) is 38.2 Å². The van der Waals surface area contributed by atoms with E-state index in [2.05, 4.69) is 0 Å². The zero-order valence-electron chi connectivity index (χ0n) is 17.7. The number of anilines is 1. The molecule has 29 heavy (non-hydrogen) atoms. The summed E-state index contributed by atoms with van der Waals surface area (Å²) in [4.78, 5) is 26.6. The Morgan fingerprint density at radius 2 is 1.45 bits per heavy atom. The molecule has 2 atom stereocenters. The van der Waals surface area contributed by atoms with E-state index in [4.69, 9.17) is 15.2 Å². The fourth-order valence-electron chi connectivity index (χ4n) is 3.20. The van der Waals surface area contributed by atoms with Crippen LogP contribution in [0.3, 0.4) is 0 Å². The number of hydrogen-bond donors (Lipinski definition) is 1. The number of nitrogens with zero attached hydrogens (tertiary/aromatic N) is 1. The van der Waals surface area contributed by atoms with E-state index in [0.29, 0.717) is 12.1 Å². The summed E-state index contributed by atoms with van der Waals surface area (Å²) in [5, 5.41) is 0. The third-order valence-corrected chi connectivity index (χ3v) is 4.78. The molecule has 156 valence electrons. The summed E-state index contributed by atoms with van der Waals surface area (Å²) in [6.07, 6.45) is 0.535. The fraction of sp³-hybridized carbons (Fsp3) is 0.391. The van der Waals surface area contributed by atoms with Gasteiger partial charge in [-0.2, -0.15) is 0 Å². The van der Waals surface area contributed by atoms with Crippen LogP contribution in [0.15, 0.2) is 48.5 Å². The van der Waals surface area contributed by atoms with Crippen LogP contribution in [0.1, 0.15) is 27.2 Å². The molecule has 2 N–H and O–H groups in total. The first-order valence-electron chi connectivity index (χ1n) is 9.69.